The standard InChI is InChI=1S/C22H20N2O2/c1-16(18-8-4-3-5-9-18)22(25)24-17(2)19-10-6-11-20(14-19)26-21-12-7-13-23-15-21/h3-15,17H,1H2,2H3,(H,24,25)/t17-/m0/s1. The molecule has 0 saturated heterocycles. The summed E-state index contributed by atoms with van der Waals surface area (Å²) in [5, 5.41) is 2.98. The first-order valence-corrected chi connectivity index (χ1v) is 8.36. The fourth-order valence-corrected chi connectivity index (χ4v) is 2.53. The Labute approximate surface area is 153 Å². The summed E-state index contributed by atoms with van der Waals surface area (Å²) in [6.07, 6.45) is 3.35. The molecule has 0 aliphatic carbocycles. The SMILES string of the molecule is C=C(C(=O)N[C@@H](C)c1cccc(Oc2cccnc2)c1)c1ccccc1. The van der Waals surface area contributed by atoms with Crippen molar-refractivity contribution < 1.29 is 9.53 Å². The Kier molecular flexibility index (Phi) is 5.44. The van der Waals surface area contributed by atoms with Crippen LogP contribution in [-0.2, 0) is 4.79 Å². The first-order valence-electron chi connectivity index (χ1n) is 8.36. The summed E-state index contributed by atoms with van der Waals surface area (Å²) in [5.74, 6) is 1.17. The van der Waals surface area contributed by atoms with Crippen molar-refractivity contribution in [1.29, 1.82) is 0 Å². The van der Waals surface area contributed by atoms with Crippen LogP contribution in [0.2, 0.25) is 0 Å². The third-order valence-corrected chi connectivity index (χ3v) is 3.97. The molecule has 0 fully saturated rings. The molecule has 0 unspecified atom stereocenters. The highest BCUT2D eigenvalue weighted by Crippen LogP contribution is 2.24. The fraction of sp³-hybridized carbons (Fsp3) is 0.0909. The van der Waals surface area contributed by atoms with Crippen LogP contribution in [0, 0.1) is 0 Å². The Bertz CT molecular complexity index is 892. The van der Waals surface area contributed by atoms with E-state index in [1.54, 1.807) is 12.4 Å². The third kappa shape index (κ3) is 4.36. The molecule has 1 aromatic heterocycles. The molecule has 1 N–H and O–H groups in total. The van der Waals surface area contributed by atoms with Crippen molar-refractivity contribution in [3.05, 3.63) is 96.8 Å². The quantitative estimate of drug-likeness (QED) is 0.656. The lowest BCUT2D eigenvalue weighted by molar-refractivity contribution is -0.116. The van der Waals surface area contributed by atoms with E-state index in [1.165, 1.54) is 0 Å². The number of amides is 1. The topological polar surface area (TPSA) is 51.2 Å². The summed E-state index contributed by atoms with van der Waals surface area (Å²) in [6, 6.07) is 20.5. The zero-order valence-electron chi connectivity index (χ0n) is 14.6. The van der Waals surface area contributed by atoms with Crippen LogP contribution < -0.4 is 10.1 Å². The van der Waals surface area contributed by atoms with Gasteiger partial charge in [-0.05, 0) is 42.3 Å². The molecule has 0 aliphatic rings. The van der Waals surface area contributed by atoms with E-state index in [4.69, 9.17) is 4.74 Å². The van der Waals surface area contributed by atoms with Crippen LogP contribution in [-0.4, -0.2) is 10.9 Å². The van der Waals surface area contributed by atoms with Crippen LogP contribution in [0.25, 0.3) is 5.57 Å². The second-order valence-electron chi connectivity index (χ2n) is 5.90. The number of aromatic nitrogens is 1. The number of hydrogen-bond donors (Lipinski definition) is 1. The molecule has 130 valence electrons. The van der Waals surface area contributed by atoms with Crippen LogP contribution in [0.4, 0.5) is 0 Å². The van der Waals surface area contributed by atoms with Gasteiger partial charge in [0.1, 0.15) is 11.5 Å². The average molecular weight is 344 g/mol. The van der Waals surface area contributed by atoms with Crippen molar-refractivity contribution in [2.75, 3.05) is 0 Å². The fourth-order valence-electron chi connectivity index (χ4n) is 2.53. The minimum absolute atomic E-state index is 0.180. The molecule has 0 radical (unpaired) electrons. The minimum Gasteiger partial charge on any atom is -0.456 e. The van der Waals surface area contributed by atoms with E-state index in [1.807, 2.05) is 73.7 Å². The van der Waals surface area contributed by atoms with Crippen LogP contribution in [0.5, 0.6) is 11.5 Å². The summed E-state index contributed by atoms with van der Waals surface area (Å²) in [5.41, 5.74) is 2.20. The molecule has 0 bridgehead atoms. The predicted molar refractivity (Wildman–Crippen MR) is 103 cm³/mol. The Hall–Kier alpha value is -3.40. The molecule has 1 atom stereocenters. The van der Waals surface area contributed by atoms with Crippen LogP contribution in [0.3, 0.4) is 0 Å². The zero-order chi connectivity index (χ0) is 18.4. The summed E-state index contributed by atoms with van der Waals surface area (Å²) < 4.78 is 5.80. The Balaban J connectivity index is 1.68. The van der Waals surface area contributed by atoms with E-state index in [0.29, 0.717) is 17.1 Å². The smallest absolute Gasteiger partial charge is 0.251 e. The maximum atomic E-state index is 12.5. The van der Waals surface area contributed by atoms with Gasteiger partial charge < -0.3 is 10.1 Å². The zero-order valence-corrected chi connectivity index (χ0v) is 14.6. The van der Waals surface area contributed by atoms with Crippen molar-refractivity contribution in [3.8, 4) is 11.5 Å². The number of benzene rings is 2. The van der Waals surface area contributed by atoms with E-state index in [0.717, 1.165) is 11.1 Å². The van der Waals surface area contributed by atoms with E-state index < -0.39 is 0 Å². The van der Waals surface area contributed by atoms with Gasteiger partial charge in [0.05, 0.1) is 12.2 Å². The average Bonchev–Trinajstić information content (AvgIpc) is 2.69. The molecule has 3 rings (SSSR count). The predicted octanol–water partition coefficient (Wildman–Crippen LogP) is 4.76. The minimum atomic E-state index is -0.192. The molecule has 2 aromatic carbocycles. The van der Waals surface area contributed by atoms with Gasteiger partial charge in [0.25, 0.3) is 5.91 Å². The normalized spacial score (nSPS) is 11.4. The van der Waals surface area contributed by atoms with Crippen LogP contribution in [0.15, 0.2) is 85.7 Å². The molecular weight excluding hydrogens is 324 g/mol. The first kappa shape index (κ1) is 17.4. The molecule has 1 amide bonds. The highest BCUT2D eigenvalue weighted by atomic mass is 16.5. The molecule has 4 nitrogen and oxygen atoms in total. The van der Waals surface area contributed by atoms with E-state index in [-0.39, 0.29) is 11.9 Å². The Morgan fingerprint density at radius 2 is 1.81 bits per heavy atom. The second kappa shape index (κ2) is 8.12. The van der Waals surface area contributed by atoms with Crippen molar-refractivity contribution in [3.63, 3.8) is 0 Å². The summed E-state index contributed by atoms with van der Waals surface area (Å²) in [6.45, 7) is 5.83. The highest BCUT2D eigenvalue weighted by Gasteiger charge is 2.14. The van der Waals surface area contributed by atoms with Gasteiger partial charge in [0, 0.05) is 11.8 Å². The van der Waals surface area contributed by atoms with Crippen molar-refractivity contribution in [1.82, 2.24) is 10.3 Å². The number of pyridine rings is 1. The lowest BCUT2D eigenvalue weighted by Crippen LogP contribution is -2.27. The van der Waals surface area contributed by atoms with Gasteiger partial charge >= 0.3 is 0 Å². The van der Waals surface area contributed by atoms with Crippen molar-refractivity contribution in [2.45, 2.75) is 13.0 Å². The number of nitrogens with zero attached hydrogens (tertiary/aromatic N) is 1. The molecule has 0 saturated carbocycles. The number of nitrogens with one attached hydrogen (secondary N) is 1. The van der Waals surface area contributed by atoms with E-state index in [2.05, 4.69) is 16.9 Å². The number of carbonyl (C=O) groups is 1. The molecule has 26 heavy (non-hydrogen) atoms. The Morgan fingerprint density at radius 1 is 1.04 bits per heavy atom. The van der Waals surface area contributed by atoms with Crippen molar-refractivity contribution in [2.24, 2.45) is 0 Å². The van der Waals surface area contributed by atoms with Gasteiger partial charge in [-0.2, -0.15) is 0 Å². The largest absolute Gasteiger partial charge is 0.456 e. The highest BCUT2D eigenvalue weighted by molar-refractivity contribution is 6.18. The monoisotopic (exact) mass is 344 g/mol. The van der Waals surface area contributed by atoms with Gasteiger partial charge in [-0.1, -0.05) is 49.0 Å². The van der Waals surface area contributed by atoms with Gasteiger partial charge in [-0.25, -0.2) is 0 Å². The number of carbonyl (C=O) groups excluding carboxylic acids is 1. The number of hydrogen-bond acceptors (Lipinski definition) is 3. The maximum absolute atomic E-state index is 12.5. The van der Waals surface area contributed by atoms with E-state index in [9.17, 15) is 4.79 Å². The number of rotatable bonds is 6. The maximum Gasteiger partial charge on any atom is 0.251 e. The lowest BCUT2D eigenvalue weighted by Gasteiger charge is -2.16. The Morgan fingerprint density at radius 3 is 2.54 bits per heavy atom. The molecular formula is C22H20N2O2. The number of ether oxygens (including phenoxy) is 1. The molecule has 1 heterocycles. The second-order valence-corrected chi connectivity index (χ2v) is 5.90. The molecule has 0 aliphatic heterocycles. The van der Waals surface area contributed by atoms with Gasteiger partial charge in [0.15, 0.2) is 0 Å². The first-order chi connectivity index (χ1) is 12.6. The van der Waals surface area contributed by atoms with Gasteiger partial charge in [-0.15, -0.1) is 0 Å². The van der Waals surface area contributed by atoms with Crippen molar-refractivity contribution >= 4 is 11.5 Å². The lowest BCUT2D eigenvalue weighted by atomic mass is 10.0. The molecule has 3 aromatic rings. The third-order valence-electron chi connectivity index (χ3n) is 3.97. The molecule has 4 heteroatoms. The van der Waals surface area contributed by atoms with Crippen LogP contribution in [0.1, 0.15) is 24.1 Å². The van der Waals surface area contributed by atoms with Gasteiger partial charge in [-0.3, -0.25) is 9.78 Å². The summed E-state index contributed by atoms with van der Waals surface area (Å²) >= 11 is 0. The van der Waals surface area contributed by atoms with Crippen LogP contribution >= 0.6 is 0 Å². The summed E-state index contributed by atoms with van der Waals surface area (Å²) in [7, 11) is 0. The van der Waals surface area contributed by atoms with E-state index >= 15 is 0 Å². The van der Waals surface area contributed by atoms with Gasteiger partial charge in [0.2, 0.25) is 0 Å². The summed E-state index contributed by atoms with van der Waals surface area (Å²) in [4.78, 5) is 16.5. The molecule has 0 spiro atoms.